The highest BCUT2D eigenvalue weighted by molar-refractivity contribution is 5.92. The van der Waals surface area contributed by atoms with Crippen LogP contribution < -0.4 is 5.32 Å². The van der Waals surface area contributed by atoms with Crippen molar-refractivity contribution in [3.8, 4) is 12.3 Å². The molecule has 74 valence electrons. The molecule has 1 aromatic heterocycles. The molecular weight excluding hydrogens is 176 g/mol. The third-order valence-electron chi connectivity index (χ3n) is 1.93. The van der Waals surface area contributed by atoms with Gasteiger partial charge in [-0.15, -0.1) is 6.42 Å². The van der Waals surface area contributed by atoms with Crippen molar-refractivity contribution in [2.75, 3.05) is 0 Å². The molecule has 0 aliphatic carbocycles. The summed E-state index contributed by atoms with van der Waals surface area (Å²) in [4.78, 5) is 14.3. The molecule has 0 radical (unpaired) electrons. The smallest absolute Gasteiger partial charge is 0.268 e. The molecule has 0 saturated carbocycles. The number of terminal acetylenes is 1. The fourth-order valence-electron chi connectivity index (χ4n) is 1.19. The van der Waals surface area contributed by atoms with Gasteiger partial charge in [0.05, 0.1) is 6.04 Å². The van der Waals surface area contributed by atoms with Crippen LogP contribution in [-0.4, -0.2) is 16.9 Å². The molecule has 14 heavy (non-hydrogen) atoms. The highest BCUT2D eigenvalue weighted by atomic mass is 16.1. The van der Waals surface area contributed by atoms with Crippen molar-refractivity contribution < 1.29 is 4.79 Å². The summed E-state index contributed by atoms with van der Waals surface area (Å²) in [6.45, 7) is 2.03. The van der Waals surface area contributed by atoms with Crippen molar-refractivity contribution >= 4 is 5.91 Å². The molecular formula is C11H14N2O. The molecule has 0 aromatic carbocycles. The minimum absolute atomic E-state index is 0.147. The molecule has 1 aromatic rings. The van der Waals surface area contributed by atoms with E-state index in [0.717, 1.165) is 12.8 Å². The van der Waals surface area contributed by atoms with Gasteiger partial charge in [0.1, 0.15) is 5.69 Å². The first-order valence-electron chi connectivity index (χ1n) is 4.68. The summed E-state index contributed by atoms with van der Waals surface area (Å²) in [6, 6.07) is 3.32. The van der Waals surface area contributed by atoms with E-state index in [1.807, 2.05) is 6.92 Å². The zero-order valence-corrected chi connectivity index (χ0v) is 8.21. The van der Waals surface area contributed by atoms with Crippen LogP contribution in [0.1, 0.15) is 30.3 Å². The molecule has 1 unspecified atom stereocenters. The zero-order valence-electron chi connectivity index (χ0n) is 8.21. The SMILES string of the molecule is C#CC(CCC)NC(=O)c1ccc[nH]1. The van der Waals surface area contributed by atoms with E-state index in [0.29, 0.717) is 5.69 Å². The summed E-state index contributed by atoms with van der Waals surface area (Å²) in [6.07, 6.45) is 8.76. The number of hydrogen-bond donors (Lipinski definition) is 2. The van der Waals surface area contributed by atoms with Crippen LogP contribution in [0.15, 0.2) is 18.3 Å². The number of carbonyl (C=O) groups is 1. The number of nitrogens with one attached hydrogen (secondary N) is 2. The topological polar surface area (TPSA) is 44.9 Å². The molecule has 0 saturated heterocycles. The average molecular weight is 190 g/mol. The van der Waals surface area contributed by atoms with Crippen LogP contribution in [0.4, 0.5) is 0 Å². The van der Waals surface area contributed by atoms with Gasteiger partial charge in [0.15, 0.2) is 0 Å². The zero-order chi connectivity index (χ0) is 10.4. The lowest BCUT2D eigenvalue weighted by Gasteiger charge is -2.10. The molecule has 1 rings (SSSR count). The third kappa shape index (κ3) is 2.67. The molecule has 0 spiro atoms. The van der Waals surface area contributed by atoms with E-state index in [9.17, 15) is 4.79 Å². The third-order valence-corrected chi connectivity index (χ3v) is 1.93. The summed E-state index contributed by atoms with van der Waals surface area (Å²) in [5.74, 6) is 2.40. The second-order valence-corrected chi connectivity index (χ2v) is 3.07. The maximum absolute atomic E-state index is 11.5. The Labute approximate surface area is 83.9 Å². The Hall–Kier alpha value is -1.69. The van der Waals surface area contributed by atoms with Crippen LogP contribution >= 0.6 is 0 Å². The number of hydrogen-bond acceptors (Lipinski definition) is 1. The van der Waals surface area contributed by atoms with Gasteiger partial charge in [-0.05, 0) is 18.6 Å². The number of amides is 1. The van der Waals surface area contributed by atoms with Crippen molar-refractivity contribution in [3.05, 3.63) is 24.0 Å². The standard InChI is InChI=1S/C11H14N2O/c1-3-6-9(4-2)13-11(14)10-7-5-8-12-10/h2,5,7-9,12H,3,6H2,1H3,(H,13,14). The summed E-state index contributed by atoms with van der Waals surface area (Å²) < 4.78 is 0. The molecule has 2 N–H and O–H groups in total. The number of H-pyrrole nitrogens is 1. The predicted molar refractivity (Wildman–Crippen MR) is 55.8 cm³/mol. The fourth-order valence-corrected chi connectivity index (χ4v) is 1.19. The van der Waals surface area contributed by atoms with E-state index in [1.54, 1.807) is 18.3 Å². The van der Waals surface area contributed by atoms with Gasteiger partial charge >= 0.3 is 0 Å². The van der Waals surface area contributed by atoms with E-state index in [2.05, 4.69) is 16.2 Å². The second-order valence-electron chi connectivity index (χ2n) is 3.07. The predicted octanol–water partition coefficient (Wildman–Crippen LogP) is 1.55. The highest BCUT2D eigenvalue weighted by Gasteiger charge is 2.10. The lowest BCUT2D eigenvalue weighted by atomic mass is 10.2. The van der Waals surface area contributed by atoms with Gasteiger partial charge in [-0.1, -0.05) is 19.3 Å². The molecule has 3 nitrogen and oxygen atoms in total. The van der Waals surface area contributed by atoms with Gasteiger partial charge in [-0.2, -0.15) is 0 Å². The maximum Gasteiger partial charge on any atom is 0.268 e. The molecule has 3 heteroatoms. The molecule has 0 aliphatic rings. The lowest BCUT2D eigenvalue weighted by Crippen LogP contribution is -2.33. The van der Waals surface area contributed by atoms with E-state index in [-0.39, 0.29) is 11.9 Å². The summed E-state index contributed by atoms with van der Waals surface area (Å²) >= 11 is 0. The fraction of sp³-hybridized carbons (Fsp3) is 0.364. The maximum atomic E-state index is 11.5. The molecule has 0 fully saturated rings. The van der Waals surface area contributed by atoms with E-state index in [4.69, 9.17) is 6.42 Å². The number of rotatable bonds is 4. The van der Waals surface area contributed by atoms with Crippen LogP contribution in [0.2, 0.25) is 0 Å². The van der Waals surface area contributed by atoms with Crippen LogP contribution in [0.25, 0.3) is 0 Å². The van der Waals surface area contributed by atoms with Crippen molar-refractivity contribution in [2.45, 2.75) is 25.8 Å². The Morgan fingerprint density at radius 3 is 3.07 bits per heavy atom. The molecule has 0 aliphatic heterocycles. The number of aromatic nitrogens is 1. The van der Waals surface area contributed by atoms with E-state index in [1.165, 1.54) is 0 Å². The van der Waals surface area contributed by atoms with Crippen molar-refractivity contribution in [3.63, 3.8) is 0 Å². The molecule has 1 heterocycles. The monoisotopic (exact) mass is 190 g/mol. The summed E-state index contributed by atoms with van der Waals surface area (Å²) in [5, 5.41) is 2.76. The van der Waals surface area contributed by atoms with Gasteiger partial charge in [0, 0.05) is 6.20 Å². The van der Waals surface area contributed by atoms with Crippen LogP contribution in [-0.2, 0) is 0 Å². The van der Waals surface area contributed by atoms with Crippen LogP contribution in [0, 0.1) is 12.3 Å². The Kier molecular flexibility index (Phi) is 3.81. The average Bonchev–Trinajstić information content (AvgIpc) is 2.69. The highest BCUT2D eigenvalue weighted by Crippen LogP contribution is 1.99. The van der Waals surface area contributed by atoms with E-state index < -0.39 is 0 Å². The largest absolute Gasteiger partial charge is 0.357 e. The Morgan fingerprint density at radius 1 is 1.79 bits per heavy atom. The van der Waals surface area contributed by atoms with Crippen LogP contribution in [0.5, 0.6) is 0 Å². The van der Waals surface area contributed by atoms with Gasteiger partial charge in [0.2, 0.25) is 0 Å². The van der Waals surface area contributed by atoms with Crippen LogP contribution in [0.3, 0.4) is 0 Å². The molecule has 0 bridgehead atoms. The summed E-state index contributed by atoms with van der Waals surface area (Å²) in [7, 11) is 0. The van der Waals surface area contributed by atoms with Crippen molar-refractivity contribution in [1.29, 1.82) is 0 Å². The first-order valence-corrected chi connectivity index (χ1v) is 4.68. The minimum Gasteiger partial charge on any atom is -0.357 e. The van der Waals surface area contributed by atoms with Gasteiger partial charge in [0.25, 0.3) is 5.91 Å². The van der Waals surface area contributed by atoms with Gasteiger partial charge in [-0.25, -0.2) is 0 Å². The minimum atomic E-state index is -0.171. The first kappa shape index (κ1) is 10.4. The van der Waals surface area contributed by atoms with E-state index >= 15 is 0 Å². The first-order chi connectivity index (χ1) is 6.77. The molecule has 1 amide bonds. The van der Waals surface area contributed by atoms with Gasteiger partial charge in [-0.3, -0.25) is 4.79 Å². The normalized spacial score (nSPS) is 11.7. The quantitative estimate of drug-likeness (QED) is 0.695. The Morgan fingerprint density at radius 2 is 2.57 bits per heavy atom. The second kappa shape index (κ2) is 5.13. The Bertz CT molecular complexity index is 322. The summed E-state index contributed by atoms with van der Waals surface area (Å²) in [5.41, 5.74) is 0.543. The van der Waals surface area contributed by atoms with Gasteiger partial charge < -0.3 is 10.3 Å². The molecule has 1 atom stereocenters. The Balaban J connectivity index is 2.52. The van der Waals surface area contributed by atoms with Crippen molar-refractivity contribution in [1.82, 2.24) is 10.3 Å². The number of carbonyl (C=O) groups excluding carboxylic acids is 1. The van der Waals surface area contributed by atoms with Crippen molar-refractivity contribution in [2.24, 2.45) is 0 Å². The lowest BCUT2D eigenvalue weighted by molar-refractivity contribution is 0.0940. The number of aromatic amines is 1.